The number of benzene rings is 1. The summed E-state index contributed by atoms with van der Waals surface area (Å²) in [6.45, 7) is 2.03. The van der Waals surface area contributed by atoms with Crippen LogP contribution in [0.2, 0.25) is 0 Å². The molecule has 0 aliphatic carbocycles. The van der Waals surface area contributed by atoms with Gasteiger partial charge in [-0.3, -0.25) is 9.78 Å². The number of hydrogen-bond donors (Lipinski definition) is 0. The average molecular weight is 394 g/mol. The Balaban J connectivity index is 2.06. The van der Waals surface area contributed by atoms with Crippen molar-refractivity contribution in [2.24, 2.45) is 0 Å². The highest BCUT2D eigenvalue weighted by Gasteiger charge is 2.37. The summed E-state index contributed by atoms with van der Waals surface area (Å²) in [7, 11) is 4.39. The number of aromatic nitrogens is 1. The van der Waals surface area contributed by atoms with E-state index in [0.29, 0.717) is 29.3 Å². The third-order valence-electron chi connectivity index (χ3n) is 4.71. The summed E-state index contributed by atoms with van der Waals surface area (Å²) >= 11 is 0. The molecule has 1 amide bonds. The second-order valence-electron chi connectivity index (χ2n) is 6.37. The molecule has 0 bridgehead atoms. The average Bonchev–Trinajstić information content (AvgIpc) is 2.98. The van der Waals surface area contributed by atoms with E-state index in [1.54, 1.807) is 61.7 Å². The van der Waals surface area contributed by atoms with Crippen molar-refractivity contribution >= 4 is 18.0 Å². The third-order valence-corrected chi connectivity index (χ3v) is 4.71. The molecule has 0 radical (unpaired) electrons. The molecule has 0 saturated heterocycles. The molecule has 0 spiro atoms. The zero-order valence-corrected chi connectivity index (χ0v) is 16.8. The minimum absolute atomic E-state index is 0.235. The van der Waals surface area contributed by atoms with E-state index in [0.717, 1.165) is 5.56 Å². The molecular weight excluding hydrogens is 372 g/mol. The predicted molar refractivity (Wildman–Crippen MR) is 107 cm³/mol. The van der Waals surface area contributed by atoms with Crippen LogP contribution in [0.4, 0.5) is 0 Å². The van der Waals surface area contributed by atoms with Crippen LogP contribution in [-0.4, -0.2) is 43.1 Å². The number of esters is 1. The van der Waals surface area contributed by atoms with Gasteiger partial charge in [0.25, 0.3) is 5.91 Å². The molecule has 29 heavy (non-hydrogen) atoms. The van der Waals surface area contributed by atoms with Crippen LogP contribution in [0.15, 0.2) is 59.6 Å². The van der Waals surface area contributed by atoms with Crippen LogP contribution in [0.1, 0.15) is 18.1 Å². The Morgan fingerprint density at radius 1 is 1.17 bits per heavy atom. The molecule has 1 aliphatic rings. The number of carbonyl (C=O) groups excluding carboxylic acids is 2. The Morgan fingerprint density at radius 2 is 1.97 bits per heavy atom. The van der Waals surface area contributed by atoms with E-state index >= 15 is 0 Å². The lowest BCUT2D eigenvalue weighted by atomic mass is 10.0. The van der Waals surface area contributed by atoms with Crippen molar-refractivity contribution in [3.05, 3.63) is 70.7 Å². The molecule has 0 atom stereocenters. The van der Waals surface area contributed by atoms with Crippen LogP contribution in [0, 0.1) is 0 Å². The Bertz CT molecular complexity index is 996. The number of carbonyl (C=O) groups is 2. The predicted octanol–water partition coefficient (Wildman–Crippen LogP) is 2.97. The highest BCUT2D eigenvalue weighted by Crippen LogP contribution is 2.35. The van der Waals surface area contributed by atoms with Crippen LogP contribution in [0.25, 0.3) is 6.08 Å². The largest absolute Gasteiger partial charge is 0.497 e. The van der Waals surface area contributed by atoms with Gasteiger partial charge in [-0.2, -0.15) is 0 Å². The van der Waals surface area contributed by atoms with Crippen LogP contribution < -0.4 is 9.47 Å². The first-order chi connectivity index (χ1) is 14.0. The number of nitrogens with zero attached hydrogens (tertiary/aromatic N) is 2. The second kappa shape index (κ2) is 8.60. The lowest BCUT2D eigenvalue weighted by Gasteiger charge is -2.17. The lowest BCUT2D eigenvalue weighted by Crippen LogP contribution is -2.24. The fourth-order valence-electron chi connectivity index (χ4n) is 3.19. The van der Waals surface area contributed by atoms with Gasteiger partial charge in [0.05, 0.1) is 39.0 Å². The van der Waals surface area contributed by atoms with Crippen molar-refractivity contribution in [3.63, 3.8) is 0 Å². The minimum atomic E-state index is -0.566. The molecule has 3 rings (SSSR count). The van der Waals surface area contributed by atoms with Crippen molar-refractivity contribution in [2.45, 2.75) is 13.5 Å². The van der Waals surface area contributed by atoms with Crippen LogP contribution >= 0.6 is 0 Å². The maximum atomic E-state index is 13.2. The summed E-state index contributed by atoms with van der Waals surface area (Å²) in [6.07, 6.45) is 4.99. The number of allylic oxidation sites excluding steroid dienone is 1. The summed E-state index contributed by atoms with van der Waals surface area (Å²) in [5.74, 6) is 0.296. The first-order valence-electron chi connectivity index (χ1n) is 8.94. The van der Waals surface area contributed by atoms with Gasteiger partial charge in [0, 0.05) is 29.7 Å². The van der Waals surface area contributed by atoms with Gasteiger partial charge in [-0.25, -0.2) is 4.79 Å². The number of pyridine rings is 1. The molecule has 0 N–H and O–H groups in total. The van der Waals surface area contributed by atoms with Gasteiger partial charge in [-0.1, -0.05) is 6.07 Å². The van der Waals surface area contributed by atoms with Gasteiger partial charge in [0.1, 0.15) is 11.5 Å². The van der Waals surface area contributed by atoms with E-state index in [2.05, 4.69) is 4.98 Å². The molecule has 0 unspecified atom stereocenters. The first-order valence-corrected chi connectivity index (χ1v) is 8.94. The maximum absolute atomic E-state index is 13.2. The molecule has 1 aromatic heterocycles. The van der Waals surface area contributed by atoms with Gasteiger partial charge in [-0.05, 0) is 36.8 Å². The van der Waals surface area contributed by atoms with Crippen molar-refractivity contribution in [1.29, 1.82) is 0 Å². The summed E-state index contributed by atoms with van der Waals surface area (Å²) in [4.78, 5) is 31.3. The number of methoxy groups -OCH3 is 3. The highest BCUT2D eigenvalue weighted by atomic mass is 16.5. The standard InChI is InChI=1S/C22H22N2O5/c1-14-20(22(26)29-4)18(10-16-7-8-17(27-2)11-19(16)28-3)21(25)24(14)13-15-6-5-9-23-12-15/h5-12H,13H2,1-4H3/b18-10+. The van der Waals surface area contributed by atoms with Crippen LogP contribution in [0.5, 0.6) is 11.5 Å². The van der Waals surface area contributed by atoms with Gasteiger partial charge >= 0.3 is 5.97 Å². The summed E-state index contributed by atoms with van der Waals surface area (Å²) in [6, 6.07) is 8.92. The quantitative estimate of drug-likeness (QED) is 0.554. The minimum Gasteiger partial charge on any atom is -0.497 e. The van der Waals surface area contributed by atoms with E-state index in [1.807, 2.05) is 6.07 Å². The second-order valence-corrected chi connectivity index (χ2v) is 6.37. The smallest absolute Gasteiger partial charge is 0.340 e. The van der Waals surface area contributed by atoms with E-state index in [-0.39, 0.29) is 17.1 Å². The molecule has 150 valence electrons. The monoisotopic (exact) mass is 394 g/mol. The van der Waals surface area contributed by atoms with Crippen LogP contribution in [-0.2, 0) is 20.9 Å². The molecule has 7 heteroatoms. The Labute approximate surface area is 169 Å². The molecule has 2 aromatic rings. The summed E-state index contributed by atoms with van der Waals surface area (Å²) in [5.41, 5.74) is 2.52. The number of hydrogen-bond acceptors (Lipinski definition) is 6. The summed E-state index contributed by atoms with van der Waals surface area (Å²) < 4.78 is 15.6. The zero-order valence-electron chi connectivity index (χ0n) is 16.8. The van der Waals surface area contributed by atoms with E-state index in [1.165, 1.54) is 14.2 Å². The molecule has 0 saturated carbocycles. The fourth-order valence-corrected chi connectivity index (χ4v) is 3.19. The molecule has 0 fully saturated rings. The Kier molecular flexibility index (Phi) is 5.97. The molecule has 1 aliphatic heterocycles. The van der Waals surface area contributed by atoms with Crippen LogP contribution in [0.3, 0.4) is 0 Å². The lowest BCUT2D eigenvalue weighted by molar-refractivity contribution is -0.136. The normalized spacial score (nSPS) is 15.1. The molecule has 7 nitrogen and oxygen atoms in total. The molecule has 2 heterocycles. The number of amides is 1. The van der Waals surface area contributed by atoms with Crippen molar-refractivity contribution in [2.75, 3.05) is 21.3 Å². The zero-order chi connectivity index (χ0) is 21.0. The third kappa shape index (κ3) is 3.99. The van der Waals surface area contributed by atoms with Gasteiger partial charge in [0.2, 0.25) is 0 Å². The number of rotatable bonds is 6. The maximum Gasteiger partial charge on any atom is 0.340 e. The van der Waals surface area contributed by atoms with E-state index < -0.39 is 5.97 Å². The van der Waals surface area contributed by atoms with E-state index in [4.69, 9.17) is 14.2 Å². The Hall–Kier alpha value is -3.61. The van der Waals surface area contributed by atoms with Crippen molar-refractivity contribution < 1.29 is 23.8 Å². The molecule has 1 aromatic carbocycles. The molecular formula is C22H22N2O5. The first kappa shape index (κ1) is 20.1. The van der Waals surface area contributed by atoms with E-state index in [9.17, 15) is 9.59 Å². The van der Waals surface area contributed by atoms with Gasteiger partial charge in [-0.15, -0.1) is 0 Å². The van der Waals surface area contributed by atoms with Gasteiger partial charge < -0.3 is 19.1 Å². The van der Waals surface area contributed by atoms with Crippen molar-refractivity contribution in [3.8, 4) is 11.5 Å². The van der Waals surface area contributed by atoms with Crippen molar-refractivity contribution in [1.82, 2.24) is 9.88 Å². The fraction of sp³-hybridized carbons (Fsp3) is 0.227. The topological polar surface area (TPSA) is 78.0 Å². The SMILES string of the molecule is COC(=O)C1=C(C)N(Cc2cccnc2)C(=O)/C1=C/c1ccc(OC)cc1OC. The van der Waals surface area contributed by atoms with Gasteiger partial charge in [0.15, 0.2) is 0 Å². The highest BCUT2D eigenvalue weighted by molar-refractivity contribution is 6.16. The summed E-state index contributed by atoms with van der Waals surface area (Å²) in [5, 5.41) is 0. The Morgan fingerprint density at radius 3 is 2.59 bits per heavy atom. The number of ether oxygens (including phenoxy) is 3.